The summed E-state index contributed by atoms with van der Waals surface area (Å²) in [6.45, 7) is 0.424. The van der Waals surface area contributed by atoms with E-state index in [1.54, 1.807) is 49.4 Å². The lowest BCUT2D eigenvalue weighted by atomic mass is 10.2. The number of anilines is 2. The molecule has 28 heavy (non-hydrogen) atoms. The largest absolute Gasteiger partial charge is 0.497 e. The van der Waals surface area contributed by atoms with Crippen molar-refractivity contribution in [2.45, 2.75) is 6.42 Å². The molecule has 148 valence electrons. The Labute approximate surface area is 162 Å². The van der Waals surface area contributed by atoms with E-state index < -0.39 is 4.92 Å². The summed E-state index contributed by atoms with van der Waals surface area (Å²) in [6.07, 6.45) is 0.0956. The third-order valence-corrected chi connectivity index (χ3v) is 3.88. The van der Waals surface area contributed by atoms with Crippen LogP contribution in [0.15, 0.2) is 48.5 Å². The molecule has 2 amide bonds. The van der Waals surface area contributed by atoms with E-state index in [4.69, 9.17) is 4.74 Å². The maximum Gasteiger partial charge on any atom is 0.292 e. The third-order valence-electron chi connectivity index (χ3n) is 3.88. The molecule has 0 saturated heterocycles. The lowest BCUT2D eigenvalue weighted by molar-refractivity contribution is -0.383. The number of ether oxygens (including phenoxy) is 1. The van der Waals surface area contributed by atoms with Gasteiger partial charge in [0, 0.05) is 24.7 Å². The van der Waals surface area contributed by atoms with Crippen molar-refractivity contribution in [1.82, 2.24) is 4.90 Å². The maximum absolute atomic E-state index is 12.1. The van der Waals surface area contributed by atoms with Crippen molar-refractivity contribution in [3.63, 3.8) is 0 Å². The highest BCUT2D eigenvalue weighted by atomic mass is 16.6. The number of carbonyl (C=O) groups is 2. The Hall–Kier alpha value is -3.46. The zero-order valence-corrected chi connectivity index (χ0v) is 15.7. The fraction of sp³-hybridized carbons (Fsp3) is 0.263. The quantitative estimate of drug-likeness (QED) is 0.506. The smallest absolute Gasteiger partial charge is 0.292 e. The molecule has 9 nitrogen and oxygen atoms in total. The molecule has 0 saturated carbocycles. The Morgan fingerprint density at radius 2 is 1.75 bits per heavy atom. The molecule has 0 aromatic heterocycles. The van der Waals surface area contributed by atoms with E-state index in [-0.39, 0.29) is 36.2 Å². The SMILES string of the molecule is COc1ccc(NC(=O)CN(C)CCC(=O)Nc2ccccc2[N+](=O)[O-])cc1. The summed E-state index contributed by atoms with van der Waals surface area (Å²) >= 11 is 0. The van der Waals surface area contributed by atoms with Gasteiger partial charge in [0.25, 0.3) is 5.69 Å². The van der Waals surface area contributed by atoms with Gasteiger partial charge in [-0.25, -0.2) is 0 Å². The van der Waals surface area contributed by atoms with E-state index in [0.717, 1.165) is 0 Å². The Morgan fingerprint density at radius 1 is 1.07 bits per heavy atom. The molecule has 0 aliphatic rings. The molecular formula is C19H22N4O5. The molecule has 0 unspecified atom stereocenters. The number of amides is 2. The lowest BCUT2D eigenvalue weighted by Crippen LogP contribution is -2.32. The van der Waals surface area contributed by atoms with Gasteiger partial charge in [-0.3, -0.25) is 24.6 Å². The van der Waals surface area contributed by atoms with Crippen LogP contribution in [-0.4, -0.2) is 48.9 Å². The number of carbonyl (C=O) groups excluding carboxylic acids is 2. The second-order valence-corrected chi connectivity index (χ2v) is 6.09. The second-order valence-electron chi connectivity index (χ2n) is 6.09. The number of rotatable bonds is 9. The van der Waals surface area contributed by atoms with Gasteiger partial charge in [-0.05, 0) is 37.4 Å². The van der Waals surface area contributed by atoms with Crippen LogP contribution in [0.1, 0.15) is 6.42 Å². The van der Waals surface area contributed by atoms with Crippen LogP contribution < -0.4 is 15.4 Å². The van der Waals surface area contributed by atoms with Gasteiger partial charge in [-0.15, -0.1) is 0 Å². The summed E-state index contributed by atoms with van der Waals surface area (Å²) < 4.78 is 5.06. The van der Waals surface area contributed by atoms with E-state index in [9.17, 15) is 19.7 Å². The summed E-state index contributed by atoms with van der Waals surface area (Å²) in [5, 5.41) is 16.3. The van der Waals surface area contributed by atoms with Gasteiger partial charge in [0.1, 0.15) is 11.4 Å². The molecule has 2 aromatic carbocycles. The van der Waals surface area contributed by atoms with Gasteiger partial charge in [0.15, 0.2) is 0 Å². The van der Waals surface area contributed by atoms with Crippen molar-refractivity contribution < 1.29 is 19.2 Å². The third kappa shape index (κ3) is 6.36. The van der Waals surface area contributed by atoms with Crippen LogP contribution in [0.4, 0.5) is 17.1 Å². The molecule has 0 radical (unpaired) electrons. The normalized spacial score (nSPS) is 10.4. The summed E-state index contributed by atoms with van der Waals surface area (Å²) in [7, 11) is 3.28. The highest BCUT2D eigenvalue weighted by Gasteiger charge is 2.15. The van der Waals surface area contributed by atoms with Crippen LogP contribution in [0.5, 0.6) is 5.75 Å². The van der Waals surface area contributed by atoms with Gasteiger partial charge < -0.3 is 15.4 Å². The van der Waals surface area contributed by atoms with Crippen molar-refractivity contribution in [3.05, 3.63) is 58.6 Å². The zero-order valence-electron chi connectivity index (χ0n) is 15.7. The minimum atomic E-state index is -0.550. The molecule has 2 N–H and O–H groups in total. The van der Waals surface area contributed by atoms with E-state index in [1.165, 1.54) is 18.2 Å². The second kappa shape index (κ2) is 10.0. The molecule has 0 atom stereocenters. The van der Waals surface area contributed by atoms with Crippen LogP contribution in [-0.2, 0) is 9.59 Å². The van der Waals surface area contributed by atoms with E-state index >= 15 is 0 Å². The fourth-order valence-electron chi connectivity index (χ4n) is 2.44. The Morgan fingerprint density at radius 3 is 2.39 bits per heavy atom. The van der Waals surface area contributed by atoms with Crippen molar-refractivity contribution in [2.24, 2.45) is 0 Å². The number of nitrogens with one attached hydrogen (secondary N) is 2. The first kappa shape index (κ1) is 20.8. The molecule has 2 rings (SSSR count). The molecule has 0 bridgehead atoms. The summed E-state index contributed by atoms with van der Waals surface area (Å²) in [5.74, 6) is 0.114. The predicted molar refractivity (Wildman–Crippen MR) is 105 cm³/mol. The van der Waals surface area contributed by atoms with Crippen LogP contribution >= 0.6 is 0 Å². The Balaban J connectivity index is 1.78. The lowest BCUT2D eigenvalue weighted by Gasteiger charge is -2.16. The number of likely N-dealkylation sites (N-methyl/N-ethyl adjacent to an activating group) is 1. The number of nitrogens with zero attached hydrogens (tertiary/aromatic N) is 2. The van der Waals surface area contributed by atoms with Crippen LogP contribution in [0.25, 0.3) is 0 Å². The highest BCUT2D eigenvalue weighted by Crippen LogP contribution is 2.23. The van der Waals surface area contributed by atoms with E-state index in [0.29, 0.717) is 18.0 Å². The van der Waals surface area contributed by atoms with Gasteiger partial charge in [0.2, 0.25) is 11.8 Å². The van der Waals surface area contributed by atoms with Crippen molar-refractivity contribution >= 4 is 28.9 Å². The molecule has 0 fully saturated rings. The number of hydrogen-bond acceptors (Lipinski definition) is 6. The van der Waals surface area contributed by atoms with Gasteiger partial charge >= 0.3 is 0 Å². The Bertz CT molecular complexity index is 838. The molecule has 0 spiro atoms. The number of nitro groups is 1. The average Bonchev–Trinajstić information content (AvgIpc) is 2.67. The Kier molecular flexibility index (Phi) is 7.46. The molecule has 0 heterocycles. The predicted octanol–water partition coefficient (Wildman–Crippen LogP) is 2.50. The van der Waals surface area contributed by atoms with Crippen LogP contribution in [0.2, 0.25) is 0 Å². The van der Waals surface area contributed by atoms with Gasteiger partial charge in [0.05, 0.1) is 18.6 Å². The zero-order chi connectivity index (χ0) is 20.5. The first-order valence-corrected chi connectivity index (χ1v) is 8.54. The van der Waals surface area contributed by atoms with Gasteiger partial charge in [-0.1, -0.05) is 12.1 Å². The van der Waals surface area contributed by atoms with Gasteiger partial charge in [-0.2, -0.15) is 0 Å². The van der Waals surface area contributed by atoms with E-state index in [1.807, 2.05) is 0 Å². The summed E-state index contributed by atoms with van der Waals surface area (Å²) in [5.41, 5.74) is 0.633. The number of benzene rings is 2. The summed E-state index contributed by atoms with van der Waals surface area (Å²) in [4.78, 5) is 36.2. The van der Waals surface area contributed by atoms with Crippen molar-refractivity contribution in [3.8, 4) is 5.75 Å². The number of para-hydroxylation sites is 2. The molecule has 2 aromatic rings. The van der Waals surface area contributed by atoms with Crippen LogP contribution in [0.3, 0.4) is 0 Å². The summed E-state index contributed by atoms with van der Waals surface area (Å²) in [6, 6.07) is 12.9. The minimum Gasteiger partial charge on any atom is -0.497 e. The standard InChI is InChI=1S/C19H22N4O5/c1-22(13-19(25)20-14-7-9-15(28-2)10-8-14)12-11-18(24)21-16-5-3-4-6-17(16)23(26)27/h3-10H,11-13H2,1-2H3,(H,20,25)(H,21,24). The van der Waals surface area contributed by atoms with Crippen molar-refractivity contribution in [2.75, 3.05) is 37.9 Å². The monoisotopic (exact) mass is 386 g/mol. The number of hydrogen-bond donors (Lipinski definition) is 2. The highest BCUT2D eigenvalue weighted by molar-refractivity contribution is 5.93. The minimum absolute atomic E-state index is 0.0956. The molecule has 0 aliphatic carbocycles. The van der Waals surface area contributed by atoms with Crippen LogP contribution in [0, 0.1) is 10.1 Å². The number of nitro benzene ring substituents is 1. The topological polar surface area (TPSA) is 114 Å². The molecule has 9 heteroatoms. The molecular weight excluding hydrogens is 364 g/mol. The first-order valence-electron chi connectivity index (χ1n) is 8.54. The van der Waals surface area contributed by atoms with Crippen molar-refractivity contribution in [1.29, 1.82) is 0 Å². The average molecular weight is 386 g/mol. The van der Waals surface area contributed by atoms with E-state index in [2.05, 4.69) is 10.6 Å². The first-order chi connectivity index (χ1) is 13.4. The molecule has 0 aliphatic heterocycles. The maximum atomic E-state index is 12.1. The number of methoxy groups -OCH3 is 1. The fourth-order valence-corrected chi connectivity index (χ4v) is 2.44.